The molecule has 1 N–H and O–H groups in total. The number of halogens is 1. The van der Waals surface area contributed by atoms with Crippen molar-refractivity contribution < 1.29 is 18.5 Å². The molecule has 0 saturated carbocycles. The normalized spacial score (nSPS) is 23.3. The van der Waals surface area contributed by atoms with Gasteiger partial charge in [0.1, 0.15) is 24.3 Å². The number of aryl methyl sites for hydroxylation is 1. The first-order valence-corrected chi connectivity index (χ1v) is 16.2. The number of anilines is 1. The van der Waals surface area contributed by atoms with E-state index in [1.807, 2.05) is 56.1 Å². The number of nitrogens with one attached hydrogen (secondary N) is 1. The summed E-state index contributed by atoms with van der Waals surface area (Å²) in [6, 6.07) is 14.0. The van der Waals surface area contributed by atoms with Crippen LogP contribution in [0.4, 0.5) is 10.1 Å². The van der Waals surface area contributed by atoms with E-state index in [1.165, 1.54) is 18.2 Å². The maximum absolute atomic E-state index is 14.0. The Morgan fingerprint density at radius 1 is 1.12 bits per heavy atom. The summed E-state index contributed by atoms with van der Waals surface area (Å²) < 4.78 is 27.5. The monoisotopic (exact) mass is 585 g/mol. The molecule has 6 rings (SSSR count). The Kier molecular flexibility index (Phi) is 7.09. The molecule has 1 fully saturated rings. The molecule has 2 aromatic rings. The van der Waals surface area contributed by atoms with Crippen LogP contribution in [0.1, 0.15) is 25.3 Å². The van der Waals surface area contributed by atoms with Crippen LogP contribution >= 0.6 is 7.14 Å². The van der Waals surface area contributed by atoms with Crippen LogP contribution in [0, 0.1) is 12.7 Å². The predicted octanol–water partition coefficient (Wildman–Crippen LogP) is 4.65. The van der Waals surface area contributed by atoms with E-state index >= 15 is 0 Å². The molecule has 3 heterocycles. The van der Waals surface area contributed by atoms with E-state index < -0.39 is 12.7 Å². The Morgan fingerprint density at radius 2 is 1.86 bits per heavy atom. The molecule has 1 spiro atoms. The van der Waals surface area contributed by atoms with Crippen LogP contribution < -0.4 is 10.6 Å². The van der Waals surface area contributed by atoms with Crippen molar-refractivity contribution in [3.05, 3.63) is 95.0 Å². The number of ketones is 1. The molecule has 1 unspecified atom stereocenters. The highest BCUT2D eigenvalue weighted by molar-refractivity contribution is 7.71. The zero-order valence-electron chi connectivity index (χ0n) is 23.9. The minimum absolute atomic E-state index is 0.0141. The van der Waals surface area contributed by atoms with E-state index in [1.54, 1.807) is 23.2 Å². The van der Waals surface area contributed by atoms with Crippen molar-refractivity contribution in [2.45, 2.75) is 32.2 Å². The van der Waals surface area contributed by atoms with Crippen LogP contribution in [0.3, 0.4) is 0 Å². The summed E-state index contributed by atoms with van der Waals surface area (Å²) in [6.45, 7) is 4.67. The van der Waals surface area contributed by atoms with Crippen LogP contribution in [-0.4, -0.2) is 71.3 Å². The van der Waals surface area contributed by atoms with Gasteiger partial charge >= 0.3 is 0 Å². The Labute approximate surface area is 244 Å². The highest BCUT2D eigenvalue weighted by atomic mass is 31.2. The predicted molar refractivity (Wildman–Crippen MR) is 164 cm³/mol. The number of Topliss-reactive ketones (excluding diaryl/α,β-unsaturated/α-hetero) is 1. The lowest BCUT2D eigenvalue weighted by Gasteiger charge is -2.44. The first-order chi connectivity index (χ1) is 20.1. The first kappa shape index (κ1) is 28.0. The fourth-order valence-corrected chi connectivity index (χ4v) is 8.95. The average Bonchev–Trinajstić information content (AvgIpc) is 3.24. The quantitative estimate of drug-likeness (QED) is 0.417. The van der Waals surface area contributed by atoms with Crippen molar-refractivity contribution in [1.29, 1.82) is 0 Å². The van der Waals surface area contributed by atoms with E-state index in [0.717, 1.165) is 27.6 Å². The summed E-state index contributed by atoms with van der Waals surface area (Å²) in [7, 11) is -0.667. The van der Waals surface area contributed by atoms with E-state index in [4.69, 9.17) is 4.99 Å². The third kappa shape index (κ3) is 4.75. The van der Waals surface area contributed by atoms with Crippen molar-refractivity contribution in [2.75, 3.05) is 37.8 Å². The lowest BCUT2D eigenvalue weighted by molar-refractivity contribution is -0.125. The molecular weight excluding hydrogens is 552 g/mol. The van der Waals surface area contributed by atoms with Crippen molar-refractivity contribution in [3.63, 3.8) is 0 Å². The highest BCUT2D eigenvalue weighted by Crippen LogP contribution is 2.47. The number of amides is 1. The van der Waals surface area contributed by atoms with Gasteiger partial charge in [0, 0.05) is 68.6 Å². The van der Waals surface area contributed by atoms with Gasteiger partial charge in [0.15, 0.2) is 5.84 Å². The number of aliphatic imine (C=N–C) groups is 2. The number of benzene rings is 2. The summed E-state index contributed by atoms with van der Waals surface area (Å²) in [5.74, 6) is 0.436. The molecule has 0 radical (unpaired) electrons. The SMILES string of the molecule is CC1=CN=C2N=C(Nc3cc(F)ccc3C)N(C)C23CC(=O)CC(/C=C/C(=O)N2CCP(=O)(c4ccccc4)CC2)=C13. The number of likely N-dealkylation sites (N-methyl/N-ethyl adjacent to an activating group) is 1. The van der Waals surface area contributed by atoms with E-state index in [2.05, 4.69) is 10.3 Å². The number of allylic oxidation sites excluding steroid dienone is 2. The smallest absolute Gasteiger partial charge is 0.246 e. The molecule has 1 saturated heterocycles. The van der Waals surface area contributed by atoms with Crippen molar-refractivity contribution >= 4 is 41.6 Å². The third-order valence-corrected chi connectivity index (χ3v) is 11.8. The molecule has 3 aliphatic heterocycles. The van der Waals surface area contributed by atoms with Crippen LogP contribution in [0.15, 0.2) is 93.6 Å². The summed E-state index contributed by atoms with van der Waals surface area (Å²) in [5, 5.41) is 4.10. The lowest BCUT2D eigenvalue weighted by atomic mass is 9.71. The second kappa shape index (κ2) is 10.6. The molecular formula is C32H33FN5O3P. The van der Waals surface area contributed by atoms with Gasteiger partial charge in [-0.2, -0.15) is 4.99 Å². The molecule has 1 amide bonds. The Morgan fingerprint density at radius 3 is 2.60 bits per heavy atom. The van der Waals surface area contributed by atoms with Crippen LogP contribution in [0.5, 0.6) is 0 Å². The third-order valence-electron chi connectivity index (χ3n) is 8.70. The van der Waals surface area contributed by atoms with Gasteiger partial charge in [-0.15, -0.1) is 0 Å². The zero-order chi connectivity index (χ0) is 29.6. The Hall–Kier alpha value is -4.10. The summed E-state index contributed by atoms with van der Waals surface area (Å²) in [5.41, 5.74) is 3.06. The van der Waals surface area contributed by atoms with Gasteiger partial charge < -0.3 is 19.7 Å². The minimum atomic E-state index is -2.52. The second-order valence-corrected chi connectivity index (χ2v) is 14.5. The molecule has 42 heavy (non-hydrogen) atoms. The fourth-order valence-electron chi connectivity index (χ4n) is 6.36. The zero-order valence-corrected chi connectivity index (χ0v) is 24.8. The second-order valence-electron chi connectivity index (χ2n) is 11.3. The number of rotatable bonds is 4. The minimum Gasteiger partial charge on any atom is -0.338 e. The van der Waals surface area contributed by atoms with Gasteiger partial charge in [-0.3, -0.25) is 9.59 Å². The average molecular weight is 586 g/mol. The fraction of sp³-hybridized carbons (Fsp3) is 0.312. The maximum Gasteiger partial charge on any atom is 0.246 e. The Balaban J connectivity index is 1.26. The van der Waals surface area contributed by atoms with Crippen LogP contribution in [0.25, 0.3) is 0 Å². The maximum atomic E-state index is 14.0. The van der Waals surface area contributed by atoms with Crippen LogP contribution in [-0.2, 0) is 14.2 Å². The number of carbonyl (C=O) groups is 2. The number of hydrogen-bond acceptors (Lipinski definition) is 7. The summed E-state index contributed by atoms with van der Waals surface area (Å²) in [4.78, 5) is 39.4. The van der Waals surface area contributed by atoms with Gasteiger partial charge in [0.05, 0.1) is 0 Å². The van der Waals surface area contributed by atoms with Crippen LogP contribution in [0.2, 0.25) is 0 Å². The van der Waals surface area contributed by atoms with E-state index in [9.17, 15) is 18.5 Å². The summed E-state index contributed by atoms with van der Waals surface area (Å²) >= 11 is 0. The number of hydrogen-bond donors (Lipinski definition) is 1. The highest BCUT2D eigenvalue weighted by Gasteiger charge is 2.55. The lowest BCUT2D eigenvalue weighted by Crippen LogP contribution is -2.56. The van der Waals surface area contributed by atoms with E-state index in [-0.39, 0.29) is 30.3 Å². The topological polar surface area (TPSA) is 94.4 Å². The number of guanidine groups is 1. The van der Waals surface area contributed by atoms with Crippen molar-refractivity contribution in [2.24, 2.45) is 9.98 Å². The molecule has 216 valence electrons. The molecule has 0 bridgehead atoms. The molecule has 1 atom stereocenters. The number of amidine groups is 1. The molecule has 2 aromatic carbocycles. The van der Waals surface area contributed by atoms with Gasteiger partial charge in [0.2, 0.25) is 11.9 Å². The van der Waals surface area contributed by atoms with Crippen molar-refractivity contribution in [1.82, 2.24) is 9.80 Å². The standard InChI is InChI=1S/C32H33FN5O3P/c1-21-9-11-24(33)18-27(21)35-31-36-30-32(37(31)3)19-25(39)17-23(29(32)22(2)20-34-30)10-12-28(40)38-13-15-42(41,16-14-38)26-7-5-4-6-8-26/h4-12,18,20H,13-17,19H2,1-3H3,(H,34,35,36)/b12-10+. The van der Waals surface area contributed by atoms with Gasteiger partial charge in [-0.05, 0) is 48.3 Å². The molecule has 8 nitrogen and oxygen atoms in total. The molecule has 4 aliphatic rings. The van der Waals surface area contributed by atoms with E-state index in [0.29, 0.717) is 42.9 Å². The first-order valence-electron chi connectivity index (χ1n) is 14.1. The Bertz CT molecular complexity index is 1680. The van der Waals surface area contributed by atoms with Gasteiger partial charge in [-0.25, -0.2) is 9.38 Å². The van der Waals surface area contributed by atoms with Crippen molar-refractivity contribution in [3.8, 4) is 0 Å². The number of nitrogens with zero attached hydrogens (tertiary/aromatic N) is 4. The molecule has 1 aliphatic carbocycles. The van der Waals surface area contributed by atoms with Gasteiger partial charge in [-0.1, -0.05) is 42.5 Å². The molecule has 10 heteroatoms. The van der Waals surface area contributed by atoms with Gasteiger partial charge in [0.25, 0.3) is 0 Å². The molecule has 0 aromatic heterocycles. The largest absolute Gasteiger partial charge is 0.338 e. The number of carbonyl (C=O) groups excluding carboxylic acids is 2. The summed E-state index contributed by atoms with van der Waals surface area (Å²) in [6.07, 6.45) is 6.31.